The zero-order valence-electron chi connectivity index (χ0n) is 8.21. The summed E-state index contributed by atoms with van der Waals surface area (Å²) in [6.07, 6.45) is 4.02. The third kappa shape index (κ3) is 1.39. The highest BCUT2D eigenvalue weighted by Gasteiger charge is 2.18. The predicted octanol–water partition coefficient (Wildman–Crippen LogP) is 1.83. The zero-order valence-corrected chi connectivity index (χ0v) is 8.21. The van der Waals surface area contributed by atoms with E-state index in [-0.39, 0.29) is 5.69 Å². The molecule has 14 heavy (non-hydrogen) atoms. The maximum Gasteiger partial charge on any atom is 0.354 e. The van der Waals surface area contributed by atoms with Crippen molar-refractivity contribution in [3.05, 3.63) is 28.6 Å². The molecule has 0 bridgehead atoms. The van der Waals surface area contributed by atoms with Crippen molar-refractivity contribution in [2.45, 2.75) is 32.6 Å². The van der Waals surface area contributed by atoms with Gasteiger partial charge in [-0.3, -0.25) is 0 Å². The molecule has 3 nitrogen and oxygen atoms in total. The molecule has 0 atom stereocenters. The highest BCUT2D eigenvalue weighted by Crippen LogP contribution is 2.25. The Kier molecular flexibility index (Phi) is 2.23. The highest BCUT2D eigenvalue weighted by atomic mass is 16.4. The lowest BCUT2D eigenvalue weighted by Gasteiger charge is -2.06. The fourth-order valence-electron chi connectivity index (χ4n) is 2.07. The minimum absolute atomic E-state index is 0.197. The van der Waals surface area contributed by atoms with E-state index >= 15 is 0 Å². The Labute approximate surface area is 82.8 Å². The van der Waals surface area contributed by atoms with Crippen molar-refractivity contribution in [2.24, 2.45) is 0 Å². The number of carboxylic acids is 1. The molecule has 0 amide bonds. The summed E-state index contributed by atoms with van der Waals surface area (Å²) in [5, 5.41) is 8.87. The van der Waals surface area contributed by atoms with Crippen LogP contribution in [0.1, 0.15) is 40.7 Å². The van der Waals surface area contributed by atoms with E-state index in [4.69, 9.17) is 5.11 Å². The Morgan fingerprint density at radius 2 is 2.36 bits per heavy atom. The summed E-state index contributed by atoms with van der Waals surface area (Å²) in [6, 6.07) is 1.73. The zero-order chi connectivity index (χ0) is 10.1. The molecular formula is C11H13NO2. The van der Waals surface area contributed by atoms with Crippen molar-refractivity contribution in [1.29, 1.82) is 0 Å². The number of hydrogen-bond acceptors (Lipinski definition) is 2. The molecule has 0 saturated heterocycles. The first kappa shape index (κ1) is 9.19. The van der Waals surface area contributed by atoms with E-state index < -0.39 is 5.97 Å². The molecule has 74 valence electrons. The van der Waals surface area contributed by atoms with Crippen LogP contribution in [0, 0.1) is 0 Å². The number of rotatable bonds is 2. The molecule has 0 radical (unpaired) electrons. The van der Waals surface area contributed by atoms with Gasteiger partial charge in [-0.1, -0.05) is 6.92 Å². The van der Waals surface area contributed by atoms with Crippen LogP contribution in [0.2, 0.25) is 0 Å². The lowest BCUT2D eigenvalue weighted by molar-refractivity contribution is 0.0690. The van der Waals surface area contributed by atoms with E-state index in [9.17, 15) is 4.79 Å². The lowest BCUT2D eigenvalue weighted by Crippen LogP contribution is -2.06. The first-order chi connectivity index (χ1) is 6.72. The molecule has 1 N–H and O–H groups in total. The van der Waals surface area contributed by atoms with Gasteiger partial charge in [-0.2, -0.15) is 0 Å². The summed E-state index contributed by atoms with van der Waals surface area (Å²) in [5.74, 6) is -0.922. The fourth-order valence-corrected chi connectivity index (χ4v) is 2.07. The van der Waals surface area contributed by atoms with Crippen LogP contribution in [0.5, 0.6) is 0 Å². The van der Waals surface area contributed by atoms with Crippen LogP contribution < -0.4 is 0 Å². The Bertz CT molecular complexity index is 385. The molecule has 0 spiro atoms. The van der Waals surface area contributed by atoms with Gasteiger partial charge < -0.3 is 5.11 Å². The van der Waals surface area contributed by atoms with Gasteiger partial charge in [0, 0.05) is 5.69 Å². The monoisotopic (exact) mass is 191 g/mol. The number of fused-ring (bicyclic) bond motifs is 1. The van der Waals surface area contributed by atoms with Crippen molar-refractivity contribution in [3.8, 4) is 0 Å². The lowest BCUT2D eigenvalue weighted by atomic mass is 10.1. The molecule has 1 aromatic heterocycles. The van der Waals surface area contributed by atoms with Gasteiger partial charge in [-0.15, -0.1) is 0 Å². The van der Waals surface area contributed by atoms with Crippen LogP contribution in [0.3, 0.4) is 0 Å². The minimum Gasteiger partial charge on any atom is -0.477 e. The van der Waals surface area contributed by atoms with Gasteiger partial charge in [-0.25, -0.2) is 9.78 Å². The molecule has 0 saturated carbocycles. The number of aromatic carboxylic acids is 1. The summed E-state index contributed by atoms with van der Waals surface area (Å²) >= 11 is 0. The van der Waals surface area contributed by atoms with Gasteiger partial charge in [0.1, 0.15) is 5.69 Å². The van der Waals surface area contributed by atoms with E-state index in [1.54, 1.807) is 6.07 Å². The quantitative estimate of drug-likeness (QED) is 0.775. The summed E-state index contributed by atoms with van der Waals surface area (Å²) in [7, 11) is 0. The van der Waals surface area contributed by atoms with Crippen LogP contribution >= 0.6 is 0 Å². The summed E-state index contributed by atoms with van der Waals surface area (Å²) < 4.78 is 0. The van der Waals surface area contributed by atoms with Gasteiger partial charge in [-0.05, 0) is 42.9 Å². The van der Waals surface area contributed by atoms with Gasteiger partial charge >= 0.3 is 5.97 Å². The van der Waals surface area contributed by atoms with E-state index in [0.29, 0.717) is 0 Å². The number of nitrogens with zero attached hydrogens (tertiary/aromatic N) is 1. The molecule has 3 heteroatoms. The van der Waals surface area contributed by atoms with Crippen molar-refractivity contribution in [2.75, 3.05) is 0 Å². The fraction of sp³-hybridized carbons (Fsp3) is 0.455. The molecule has 1 heterocycles. The van der Waals surface area contributed by atoms with Crippen LogP contribution in [0.25, 0.3) is 0 Å². The van der Waals surface area contributed by atoms with E-state index in [1.807, 2.05) is 6.92 Å². The van der Waals surface area contributed by atoms with Gasteiger partial charge in [0.15, 0.2) is 0 Å². The van der Waals surface area contributed by atoms with Gasteiger partial charge in [0.05, 0.1) is 0 Å². The van der Waals surface area contributed by atoms with Crippen LogP contribution in [-0.2, 0) is 19.3 Å². The second kappa shape index (κ2) is 3.40. The Hall–Kier alpha value is -1.38. The first-order valence-electron chi connectivity index (χ1n) is 4.97. The Morgan fingerprint density at radius 1 is 1.57 bits per heavy atom. The largest absolute Gasteiger partial charge is 0.477 e. The smallest absolute Gasteiger partial charge is 0.354 e. The Balaban J connectivity index is 2.54. The molecule has 1 aliphatic rings. The molecular weight excluding hydrogens is 178 g/mol. The molecule has 0 aliphatic heterocycles. The van der Waals surface area contributed by atoms with Crippen LogP contribution in [-0.4, -0.2) is 16.1 Å². The average molecular weight is 191 g/mol. The van der Waals surface area contributed by atoms with Crippen molar-refractivity contribution < 1.29 is 9.90 Å². The van der Waals surface area contributed by atoms with Crippen molar-refractivity contribution in [3.63, 3.8) is 0 Å². The predicted molar refractivity (Wildman–Crippen MR) is 52.6 cm³/mol. The standard InChI is InChI=1S/C11H13NO2/c1-2-9-8-5-3-4-7(8)6-10(12-9)11(13)14/h6H,2-5H2,1H3,(H,13,14). The molecule has 2 rings (SSSR count). The first-order valence-corrected chi connectivity index (χ1v) is 4.97. The van der Waals surface area contributed by atoms with Crippen LogP contribution in [0.4, 0.5) is 0 Å². The van der Waals surface area contributed by atoms with E-state index in [1.165, 1.54) is 11.1 Å². The summed E-state index contributed by atoms with van der Waals surface area (Å²) in [4.78, 5) is 15.0. The molecule has 0 fully saturated rings. The molecule has 0 aromatic carbocycles. The summed E-state index contributed by atoms with van der Waals surface area (Å²) in [6.45, 7) is 2.02. The maximum absolute atomic E-state index is 10.8. The second-order valence-electron chi connectivity index (χ2n) is 3.60. The molecule has 1 aromatic rings. The molecule has 1 aliphatic carbocycles. The maximum atomic E-state index is 10.8. The molecule has 0 unspecified atom stereocenters. The topological polar surface area (TPSA) is 50.2 Å². The SMILES string of the molecule is CCc1nc(C(=O)O)cc2c1CCC2. The number of carboxylic acid groups (broad SMARTS) is 1. The number of aromatic nitrogens is 1. The summed E-state index contributed by atoms with van der Waals surface area (Å²) in [5.41, 5.74) is 3.65. The van der Waals surface area contributed by atoms with E-state index in [0.717, 1.165) is 31.4 Å². The normalized spacial score (nSPS) is 14.1. The number of hydrogen-bond donors (Lipinski definition) is 1. The number of aryl methyl sites for hydroxylation is 2. The van der Waals surface area contributed by atoms with Gasteiger partial charge in [0.25, 0.3) is 0 Å². The minimum atomic E-state index is -0.922. The highest BCUT2D eigenvalue weighted by molar-refractivity contribution is 5.85. The third-order valence-electron chi connectivity index (χ3n) is 2.73. The second-order valence-corrected chi connectivity index (χ2v) is 3.60. The average Bonchev–Trinajstić information content (AvgIpc) is 2.63. The van der Waals surface area contributed by atoms with Crippen molar-refractivity contribution >= 4 is 5.97 Å². The Morgan fingerprint density at radius 3 is 3.00 bits per heavy atom. The number of carbonyl (C=O) groups is 1. The van der Waals surface area contributed by atoms with Crippen LogP contribution in [0.15, 0.2) is 6.07 Å². The third-order valence-corrected chi connectivity index (χ3v) is 2.73. The van der Waals surface area contributed by atoms with Gasteiger partial charge in [0.2, 0.25) is 0 Å². The number of pyridine rings is 1. The van der Waals surface area contributed by atoms with E-state index in [2.05, 4.69) is 4.98 Å². The van der Waals surface area contributed by atoms with Crippen molar-refractivity contribution in [1.82, 2.24) is 4.98 Å².